The van der Waals surface area contributed by atoms with Crippen molar-refractivity contribution < 1.29 is 23.4 Å². The van der Waals surface area contributed by atoms with Crippen LogP contribution in [0.15, 0.2) is 48.9 Å². The Labute approximate surface area is 264 Å². The standard InChI is InChI=1S/C35H42FN5O4/c1-34(2,3)45-33(42)39-28-13-24-4-5-25(12-26(24)14-28)29-15-27(36)6-7-30(29)44-31-16-37-22-38-32(31)41-20-35(21-41)18-40(19-35)17-23-8-10-43-11-9-23/h4-7,12,15-16,22-23,28H,8-11,13-14,17-21H2,1-3H3,(H,39,42). The molecule has 7 rings (SSSR count). The maximum Gasteiger partial charge on any atom is 0.407 e. The van der Waals surface area contributed by atoms with Crippen molar-refractivity contribution in [2.45, 2.75) is 58.1 Å². The average molecular weight is 616 g/mol. The number of aromatic nitrogens is 2. The van der Waals surface area contributed by atoms with E-state index in [1.54, 1.807) is 18.6 Å². The predicted molar refractivity (Wildman–Crippen MR) is 169 cm³/mol. The number of nitrogens with one attached hydrogen (secondary N) is 1. The van der Waals surface area contributed by atoms with Crippen LogP contribution in [-0.2, 0) is 22.3 Å². The highest BCUT2D eigenvalue weighted by Gasteiger charge is 2.52. The van der Waals surface area contributed by atoms with Crippen molar-refractivity contribution in [3.8, 4) is 22.6 Å². The molecule has 238 valence electrons. The molecule has 3 aromatic rings. The van der Waals surface area contributed by atoms with E-state index in [4.69, 9.17) is 14.2 Å². The van der Waals surface area contributed by atoms with Crippen LogP contribution < -0.4 is 15.0 Å². The summed E-state index contributed by atoms with van der Waals surface area (Å²) in [6.07, 6.45) is 6.55. The Kier molecular flexibility index (Phi) is 7.90. The first kappa shape index (κ1) is 29.9. The van der Waals surface area contributed by atoms with Crippen molar-refractivity contribution in [3.05, 3.63) is 65.9 Å². The molecule has 4 heterocycles. The van der Waals surface area contributed by atoms with Gasteiger partial charge in [0.25, 0.3) is 0 Å². The number of hydrogen-bond donors (Lipinski definition) is 1. The summed E-state index contributed by atoms with van der Waals surface area (Å²) in [4.78, 5) is 26.0. The largest absolute Gasteiger partial charge is 0.451 e. The molecule has 0 radical (unpaired) electrons. The Morgan fingerprint density at radius 1 is 1.04 bits per heavy atom. The van der Waals surface area contributed by atoms with E-state index in [1.165, 1.54) is 31.5 Å². The predicted octanol–water partition coefficient (Wildman–Crippen LogP) is 5.62. The highest BCUT2D eigenvalue weighted by Crippen LogP contribution is 2.45. The summed E-state index contributed by atoms with van der Waals surface area (Å²) in [5, 5.41) is 2.99. The molecule has 1 N–H and O–H groups in total. The third-order valence-electron chi connectivity index (χ3n) is 9.32. The molecular weight excluding hydrogens is 573 g/mol. The maximum absolute atomic E-state index is 14.6. The van der Waals surface area contributed by atoms with Crippen molar-refractivity contribution >= 4 is 11.9 Å². The number of halogens is 1. The maximum atomic E-state index is 14.6. The van der Waals surface area contributed by atoms with Crippen molar-refractivity contribution in [2.75, 3.05) is 50.8 Å². The van der Waals surface area contributed by atoms with Crippen molar-refractivity contribution in [2.24, 2.45) is 11.3 Å². The number of rotatable bonds is 7. The fraction of sp³-hybridized carbons (Fsp3) is 0.514. The summed E-state index contributed by atoms with van der Waals surface area (Å²) in [5.41, 5.74) is 3.53. The second-order valence-corrected chi connectivity index (χ2v) is 14.3. The molecule has 1 atom stereocenters. The number of amides is 1. The van der Waals surface area contributed by atoms with Crippen LogP contribution in [0.5, 0.6) is 11.5 Å². The first-order valence-electron chi connectivity index (χ1n) is 16.1. The Bertz CT molecular complexity index is 1560. The molecule has 3 aliphatic heterocycles. The summed E-state index contributed by atoms with van der Waals surface area (Å²) in [7, 11) is 0. The van der Waals surface area contributed by atoms with Crippen LogP contribution in [-0.4, -0.2) is 78.5 Å². The molecule has 9 nitrogen and oxygen atoms in total. The van der Waals surface area contributed by atoms with Crippen LogP contribution in [0.2, 0.25) is 0 Å². The van der Waals surface area contributed by atoms with Crippen molar-refractivity contribution in [1.82, 2.24) is 20.2 Å². The number of alkyl carbamates (subject to hydrolysis) is 1. The van der Waals surface area contributed by atoms with E-state index in [0.29, 0.717) is 28.9 Å². The van der Waals surface area contributed by atoms with Gasteiger partial charge >= 0.3 is 6.09 Å². The van der Waals surface area contributed by atoms with Gasteiger partial charge in [0.15, 0.2) is 11.6 Å². The zero-order valence-electron chi connectivity index (χ0n) is 26.4. The van der Waals surface area contributed by atoms with Crippen LogP contribution in [0.4, 0.5) is 15.0 Å². The zero-order valence-corrected chi connectivity index (χ0v) is 26.4. The topological polar surface area (TPSA) is 89.0 Å². The van der Waals surface area contributed by atoms with Gasteiger partial charge in [-0.2, -0.15) is 0 Å². The molecule has 1 amide bonds. The minimum absolute atomic E-state index is 0.0539. The van der Waals surface area contributed by atoms with Gasteiger partial charge in [-0.3, -0.25) is 0 Å². The Morgan fingerprint density at radius 2 is 1.82 bits per heavy atom. The molecule has 10 heteroatoms. The van der Waals surface area contributed by atoms with Crippen molar-refractivity contribution in [1.29, 1.82) is 0 Å². The SMILES string of the molecule is CC(C)(C)OC(=O)NC1Cc2ccc(-c3cc(F)ccc3Oc3cncnc3N3CC4(CN(CC5CCOCC5)C4)C3)cc2C1. The van der Waals surface area contributed by atoms with Gasteiger partial charge in [0.05, 0.1) is 6.20 Å². The second kappa shape index (κ2) is 11.9. The molecule has 1 spiro atoms. The molecule has 1 unspecified atom stereocenters. The lowest BCUT2D eigenvalue weighted by Gasteiger charge is -2.61. The van der Waals surface area contributed by atoms with Crippen LogP contribution in [0.25, 0.3) is 11.1 Å². The minimum Gasteiger partial charge on any atom is -0.451 e. The highest BCUT2D eigenvalue weighted by atomic mass is 19.1. The molecule has 0 saturated carbocycles. The first-order chi connectivity index (χ1) is 21.6. The third kappa shape index (κ3) is 6.63. The smallest absolute Gasteiger partial charge is 0.407 e. The number of fused-ring (bicyclic) bond motifs is 1. The number of carbonyl (C=O) groups excluding carboxylic acids is 1. The fourth-order valence-electron chi connectivity index (χ4n) is 7.36. The first-order valence-corrected chi connectivity index (χ1v) is 16.1. The number of hydrogen-bond acceptors (Lipinski definition) is 8. The molecule has 3 saturated heterocycles. The fourth-order valence-corrected chi connectivity index (χ4v) is 7.36. The lowest BCUT2D eigenvalue weighted by molar-refractivity contribution is -0.0430. The molecule has 1 aliphatic carbocycles. The van der Waals surface area contributed by atoms with E-state index in [-0.39, 0.29) is 11.9 Å². The van der Waals surface area contributed by atoms with E-state index >= 15 is 0 Å². The summed E-state index contributed by atoms with van der Waals surface area (Å²) in [6, 6.07) is 10.6. The van der Waals surface area contributed by atoms with E-state index < -0.39 is 11.7 Å². The number of anilines is 1. The summed E-state index contributed by atoms with van der Waals surface area (Å²) >= 11 is 0. The summed E-state index contributed by atoms with van der Waals surface area (Å²) in [6.45, 7) is 12.6. The highest BCUT2D eigenvalue weighted by molar-refractivity contribution is 5.73. The lowest BCUT2D eigenvalue weighted by Crippen LogP contribution is -2.72. The van der Waals surface area contributed by atoms with Gasteiger partial charge in [0.1, 0.15) is 23.5 Å². The summed E-state index contributed by atoms with van der Waals surface area (Å²) in [5.74, 6) is 2.27. The van der Waals surface area contributed by atoms with E-state index in [2.05, 4.69) is 37.2 Å². The van der Waals surface area contributed by atoms with Crippen LogP contribution in [0.3, 0.4) is 0 Å². The van der Waals surface area contributed by atoms with Gasteiger partial charge < -0.3 is 29.3 Å². The third-order valence-corrected chi connectivity index (χ3v) is 9.32. The van der Waals surface area contributed by atoms with Crippen LogP contribution in [0, 0.1) is 17.2 Å². The molecule has 0 bridgehead atoms. The molecular formula is C35H42FN5O4. The molecule has 3 fully saturated rings. The second-order valence-electron chi connectivity index (χ2n) is 14.3. The van der Waals surface area contributed by atoms with E-state index in [0.717, 1.165) is 74.2 Å². The molecule has 2 aromatic carbocycles. The molecule has 45 heavy (non-hydrogen) atoms. The molecule has 4 aliphatic rings. The van der Waals surface area contributed by atoms with Crippen LogP contribution in [0.1, 0.15) is 44.7 Å². The monoisotopic (exact) mass is 615 g/mol. The van der Waals surface area contributed by atoms with Gasteiger partial charge in [-0.05, 0) is 87.3 Å². The number of benzene rings is 2. The summed E-state index contributed by atoms with van der Waals surface area (Å²) < 4.78 is 32.0. The average Bonchev–Trinajstić information content (AvgIpc) is 3.36. The Morgan fingerprint density at radius 3 is 2.60 bits per heavy atom. The minimum atomic E-state index is -0.555. The van der Waals surface area contributed by atoms with Gasteiger partial charge in [-0.25, -0.2) is 19.2 Å². The van der Waals surface area contributed by atoms with Gasteiger partial charge in [-0.15, -0.1) is 0 Å². The number of nitrogens with zero attached hydrogens (tertiary/aromatic N) is 4. The Balaban J connectivity index is 1.02. The zero-order chi connectivity index (χ0) is 31.2. The van der Waals surface area contributed by atoms with E-state index in [1.807, 2.05) is 26.8 Å². The number of likely N-dealkylation sites (tertiary alicyclic amines) is 1. The molecule has 1 aromatic heterocycles. The van der Waals surface area contributed by atoms with Gasteiger partial charge in [-0.1, -0.05) is 18.2 Å². The van der Waals surface area contributed by atoms with E-state index in [9.17, 15) is 9.18 Å². The number of carbonyl (C=O) groups is 1. The number of ether oxygens (including phenoxy) is 3. The van der Waals surface area contributed by atoms with Gasteiger partial charge in [0.2, 0.25) is 0 Å². The normalized spacial score (nSPS) is 21.2. The van der Waals surface area contributed by atoms with Crippen LogP contribution >= 0.6 is 0 Å². The van der Waals surface area contributed by atoms with Gasteiger partial charge in [0, 0.05) is 63.0 Å². The lowest BCUT2D eigenvalue weighted by atomic mass is 9.72. The quantitative estimate of drug-likeness (QED) is 0.367. The Hall–Kier alpha value is -3.76. The van der Waals surface area contributed by atoms with Crippen molar-refractivity contribution in [3.63, 3.8) is 0 Å².